The molecule has 0 saturated carbocycles. The van der Waals surface area contributed by atoms with Crippen molar-refractivity contribution >= 4 is 28.8 Å². The minimum atomic E-state index is -0.202. The second kappa shape index (κ2) is 7.33. The molecule has 0 aliphatic carbocycles. The monoisotopic (exact) mass is 325 g/mol. The van der Waals surface area contributed by atoms with Gasteiger partial charge in [0.25, 0.3) is 5.91 Å². The largest absolute Gasteiger partial charge is 0.493 e. The van der Waals surface area contributed by atoms with Gasteiger partial charge >= 0.3 is 0 Å². The Balaban J connectivity index is 2.15. The Morgan fingerprint density at radius 1 is 1.43 bits per heavy atom. The fourth-order valence-electron chi connectivity index (χ4n) is 1.82. The minimum Gasteiger partial charge on any atom is -0.493 e. The molecule has 0 bridgehead atoms. The van der Waals surface area contributed by atoms with Crippen LogP contribution in [0.5, 0.6) is 11.5 Å². The molecule has 1 N–H and O–H groups in total. The molecule has 0 spiro atoms. The van der Waals surface area contributed by atoms with Crippen LogP contribution in [0.3, 0.4) is 0 Å². The third-order valence-corrected chi connectivity index (χ3v) is 3.94. The van der Waals surface area contributed by atoms with Crippen LogP contribution in [0.25, 0.3) is 0 Å². The van der Waals surface area contributed by atoms with Crippen molar-refractivity contribution in [1.82, 2.24) is 5.32 Å². The Hall–Kier alpha value is -1.72. The maximum absolute atomic E-state index is 12.2. The number of hydrogen-bond donors (Lipinski definition) is 1. The van der Waals surface area contributed by atoms with Crippen LogP contribution < -0.4 is 14.8 Å². The second-order valence-corrected chi connectivity index (χ2v) is 5.62. The van der Waals surface area contributed by atoms with Crippen molar-refractivity contribution in [3.05, 3.63) is 45.1 Å². The van der Waals surface area contributed by atoms with Crippen LogP contribution in [0.15, 0.2) is 29.6 Å². The number of amides is 1. The first kappa shape index (κ1) is 15.7. The summed E-state index contributed by atoms with van der Waals surface area (Å²) in [5.41, 5.74) is 0.442. The lowest BCUT2D eigenvalue weighted by Gasteiger charge is -2.13. The summed E-state index contributed by atoms with van der Waals surface area (Å²) in [6, 6.07) is 7.12. The molecular formula is C15H16ClNO3S. The van der Waals surface area contributed by atoms with Gasteiger partial charge in [-0.2, -0.15) is 0 Å². The van der Waals surface area contributed by atoms with Crippen molar-refractivity contribution in [3.8, 4) is 11.5 Å². The predicted octanol–water partition coefficient (Wildman–Crippen LogP) is 3.74. The fraction of sp³-hybridized carbons (Fsp3) is 0.267. The summed E-state index contributed by atoms with van der Waals surface area (Å²) in [6.07, 6.45) is 0. The number of nitrogens with one attached hydrogen (secondary N) is 1. The zero-order valence-electron chi connectivity index (χ0n) is 11.8. The Kier molecular flexibility index (Phi) is 5.47. The number of hydrogen-bond acceptors (Lipinski definition) is 4. The maximum atomic E-state index is 12.2. The van der Waals surface area contributed by atoms with E-state index in [-0.39, 0.29) is 5.91 Å². The van der Waals surface area contributed by atoms with E-state index in [2.05, 4.69) is 5.32 Å². The predicted molar refractivity (Wildman–Crippen MR) is 84.7 cm³/mol. The highest BCUT2D eigenvalue weighted by molar-refractivity contribution is 7.09. The van der Waals surface area contributed by atoms with Gasteiger partial charge in [-0.1, -0.05) is 17.7 Å². The van der Waals surface area contributed by atoms with E-state index in [1.165, 1.54) is 7.11 Å². The molecule has 0 radical (unpaired) electrons. The quantitative estimate of drug-likeness (QED) is 0.880. The van der Waals surface area contributed by atoms with Gasteiger partial charge in [0.15, 0.2) is 11.5 Å². The van der Waals surface area contributed by atoms with Gasteiger partial charge in [0.2, 0.25) is 0 Å². The number of benzene rings is 1. The van der Waals surface area contributed by atoms with Crippen LogP contribution in [-0.2, 0) is 6.54 Å². The molecule has 1 amide bonds. The smallest absolute Gasteiger partial charge is 0.251 e. The topological polar surface area (TPSA) is 47.6 Å². The molecule has 2 rings (SSSR count). The summed E-state index contributed by atoms with van der Waals surface area (Å²) in [7, 11) is 1.52. The molecule has 112 valence electrons. The molecule has 4 nitrogen and oxygen atoms in total. The van der Waals surface area contributed by atoms with Crippen LogP contribution >= 0.6 is 22.9 Å². The number of carbonyl (C=O) groups excluding carboxylic acids is 1. The van der Waals surface area contributed by atoms with E-state index in [1.807, 2.05) is 24.4 Å². The fourth-order valence-corrected chi connectivity index (χ4v) is 2.73. The summed E-state index contributed by atoms with van der Waals surface area (Å²) >= 11 is 7.75. The number of rotatable bonds is 6. The SMILES string of the molecule is CCOc1c(Cl)cc(C(=O)NCc2cccs2)cc1OC. The molecule has 0 atom stereocenters. The van der Waals surface area contributed by atoms with E-state index >= 15 is 0 Å². The Morgan fingerprint density at radius 3 is 2.86 bits per heavy atom. The first-order valence-electron chi connectivity index (χ1n) is 6.46. The molecule has 1 aromatic heterocycles. The number of methoxy groups -OCH3 is 1. The minimum absolute atomic E-state index is 0.202. The Bertz CT molecular complexity index is 614. The van der Waals surface area contributed by atoms with E-state index in [4.69, 9.17) is 21.1 Å². The van der Waals surface area contributed by atoms with E-state index in [0.717, 1.165) is 4.88 Å². The molecule has 0 aliphatic heterocycles. The van der Waals surface area contributed by atoms with Gasteiger partial charge in [-0.05, 0) is 30.5 Å². The summed E-state index contributed by atoms with van der Waals surface area (Å²) in [5, 5.41) is 5.18. The Morgan fingerprint density at radius 2 is 2.24 bits per heavy atom. The lowest BCUT2D eigenvalue weighted by molar-refractivity contribution is 0.0951. The highest BCUT2D eigenvalue weighted by atomic mass is 35.5. The summed E-state index contributed by atoms with van der Waals surface area (Å²) in [5.74, 6) is 0.703. The van der Waals surface area contributed by atoms with Crippen LogP contribution in [0.2, 0.25) is 5.02 Å². The standard InChI is InChI=1S/C15H16ClNO3S/c1-3-20-14-12(16)7-10(8-13(14)19-2)15(18)17-9-11-5-4-6-21-11/h4-8H,3,9H2,1-2H3,(H,17,18). The van der Waals surface area contributed by atoms with Crippen LogP contribution in [0.1, 0.15) is 22.2 Å². The molecule has 6 heteroatoms. The first-order valence-corrected chi connectivity index (χ1v) is 7.72. The third kappa shape index (κ3) is 3.89. The van der Waals surface area contributed by atoms with Crippen molar-refractivity contribution in [1.29, 1.82) is 0 Å². The second-order valence-electron chi connectivity index (χ2n) is 4.18. The lowest BCUT2D eigenvalue weighted by Crippen LogP contribution is -2.22. The van der Waals surface area contributed by atoms with Gasteiger partial charge in [0.05, 0.1) is 25.3 Å². The Labute approximate surface area is 132 Å². The van der Waals surface area contributed by atoms with Crippen LogP contribution in [0, 0.1) is 0 Å². The van der Waals surface area contributed by atoms with Gasteiger partial charge in [-0.15, -0.1) is 11.3 Å². The molecule has 0 aliphatic rings. The molecule has 1 aromatic carbocycles. The molecular weight excluding hydrogens is 310 g/mol. The van der Waals surface area contributed by atoms with E-state index in [1.54, 1.807) is 23.5 Å². The van der Waals surface area contributed by atoms with Crippen LogP contribution in [-0.4, -0.2) is 19.6 Å². The lowest BCUT2D eigenvalue weighted by atomic mass is 10.2. The van der Waals surface area contributed by atoms with Gasteiger partial charge in [-0.3, -0.25) is 4.79 Å². The van der Waals surface area contributed by atoms with Crippen molar-refractivity contribution in [2.75, 3.05) is 13.7 Å². The number of thiophene rings is 1. The van der Waals surface area contributed by atoms with E-state index < -0.39 is 0 Å². The molecule has 0 saturated heterocycles. The van der Waals surface area contributed by atoms with Crippen LogP contribution in [0.4, 0.5) is 0 Å². The van der Waals surface area contributed by atoms with E-state index in [0.29, 0.717) is 35.2 Å². The summed E-state index contributed by atoms with van der Waals surface area (Å²) < 4.78 is 10.7. The number of ether oxygens (including phenoxy) is 2. The number of halogens is 1. The highest BCUT2D eigenvalue weighted by Gasteiger charge is 2.15. The zero-order chi connectivity index (χ0) is 15.2. The number of carbonyl (C=O) groups is 1. The van der Waals surface area contributed by atoms with Gasteiger partial charge in [0.1, 0.15) is 0 Å². The van der Waals surface area contributed by atoms with Crippen molar-refractivity contribution in [2.24, 2.45) is 0 Å². The summed E-state index contributed by atoms with van der Waals surface area (Å²) in [4.78, 5) is 13.3. The van der Waals surface area contributed by atoms with E-state index in [9.17, 15) is 4.79 Å². The first-order chi connectivity index (χ1) is 10.2. The maximum Gasteiger partial charge on any atom is 0.251 e. The summed E-state index contributed by atoms with van der Waals surface area (Å²) in [6.45, 7) is 2.82. The molecule has 0 unspecified atom stereocenters. The average molecular weight is 326 g/mol. The van der Waals surface area contributed by atoms with Crippen molar-refractivity contribution < 1.29 is 14.3 Å². The van der Waals surface area contributed by atoms with Gasteiger partial charge < -0.3 is 14.8 Å². The average Bonchev–Trinajstić information content (AvgIpc) is 3.00. The van der Waals surface area contributed by atoms with Gasteiger partial charge in [0, 0.05) is 10.4 Å². The molecule has 2 aromatic rings. The van der Waals surface area contributed by atoms with Crippen molar-refractivity contribution in [3.63, 3.8) is 0 Å². The molecule has 21 heavy (non-hydrogen) atoms. The molecule has 0 fully saturated rings. The third-order valence-electron chi connectivity index (χ3n) is 2.78. The highest BCUT2D eigenvalue weighted by Crippen LogP contribution is 2.36. The van der Waals surface area contributed by atoms with Gasteiger partial charge in [-0.25, -0.2) is 0 Å². The zero-order valence-corrected chi connectivity index (χ0v) is 13.4. The van der Waals surface area contributed by atoms with Crippen molar-refractivity contribution in [2.45, 2.75) is 13.5 Å². The molecule has 1 heterocycles. The normalized spacial score (nSPS) is 10.2.